The van der Waals surface area contributed by atoms with Crippen LogP contribution in [0.15, 0.2) is 53.0 Å². The highest BCUT2D eigenvalue weighted by molar-refractivity contribution is 9.10. The number of nitrogens with zero attached hydrogens (tertiary/aromatic N) is 1. The summed E-state index contributed by atoms with van der Waals surface area (Å²) in [6, 6.07) is 14.0. The Labute approximate surface area is 173 Å². The number of hydrogen-bond acceptors (Lipinski definition) is 4. The SMILES string of the molecule is CCN(CC(=O)Nc1ccc(OC)cc1)C(=O)CCC(=O)c1ccc(Br)cc1. The number of Topliss-reactive ketones (excluding diaryl/α,β-unsaturated/α-hetero) is 1. The van der Waals surface area contributed by atoms with Crippen molar-refractivity contribution in [3.05, 3.63) is 58.6 Å². The number of hydrogen-bond donors (Lipinski definition) is 1. The summed E-state index contributed by atoms with van der Waals surface area (Å²) >= 11 is 3.32. The summed E-state index contributed by atoms with van der Waals surface area (Å²) in [6.07, 6.45) is 0.176. The Hall–Kier alpha value is -2.67. The van der Waals surface area contributed by atoms with E-state index in [1.165, 1.54) is 4.90 Å². The summed E-state index contributed by atoms with van der Waals surface area (Å²) in [4.78, 5) is 38.3. The summed E-state index contributed by atoms with van der Waals surface area (Å²) in [5.41, 5.74) is 1.19. The number of nitrogens with one attached hydrogen (secondary N) is 1. The Morgan fingerprint density at radius 2 is 1.64 bits per heavy atom. The summed E-state index contributed by atoms with van der Waals surface area (Å²) in [5.74, 6) is 0.0795. The molecule has 6 nitrogen and oxygen atoms in total. The van der Waals surface area contributed by atoms with Crippen molar-refractivity contribution in [1.82, 2.24) is 4.90 Å². The first-order valence-electron chi connectivity index (χ1n) is 8.93. The molecule has 0 atom stereocenters. The Bertz CT molecular complexity index is 819. The molecule has 2 aromatic carbocycles. The fourth-order valence-electron chi connectivity index (χ4n) is 2.58. The van der Waals surface area contributed by atoms with Gasteiger partial charge in [-0.05, 0) is 43.3 Å². The van der Waals surface area contributed by atoms with Gasteiger partial charge in [-0.15, -0.1) is 0 Å². The lowest BCUT2D eigenvalue weighted by Crippen LogP contribution is -2.38. The van der Waals surface area contributed by atoms with Crippen LogP contribution in [0.4, 0.5) is 5.69 Å². The molecule has 0 saturated carbocycles. The molecule has 28 heavy (non-hydrogen) atoms. The summed E-state index contributed by atoms with van der Waals surface area (Å²) < 4.78 is 5.97. The molecule has 148 valence electrons. The number of halogens is 1. The number of amides is 2. The van der Waals surface area contributed by atoms with Crippen LogP contribution in [0.1, 0.15) is 30.1 Å². The van der Waals surface area contributed by atoms with Crippen LogP contribution in [0, 0.1) is 0 Å². The van der Waals surface area contributed by atoms with Crippen LogP contribution < -0.4 is 10.1 Å². The van der Waals surface area contributed by atoms with E-state index in [0.717, 1.165) is 4.47 Å². The predicted octanol–water partition coefficient (Wildman–Crippen LogP) is 3.91. The molecule has 0 aliphatic heterocycles. The number of benzene rings is 2. The molecule has 2 aromatic rings. The van der Waals surface area contributed by atoms with Crippen molar-refractivity contribution in [2.75, 3.05) is 25.5 Å². The largest absolute Gasteiger partial charge is 0.497 e. The third-order valence-corrected chi connectivity index (χ3v) is 4.70. The van der Waals surface area contributed by atoms with Crippen LogP contribution in [0.2, 0.25) is 0 Å². The maximum absolute atomic E-state index is 12.4. The van der Waals surface area contributed by atoms with E-state index in [4.69, 9.17) is 4.74 Å². The predicted molar refractivity (Wildman–Crippen MR) is 112 cm³/mol. The van der Waals surface area contributed by atoms with E-state index in [1.807, 2.05) is 0 Å². The molecule has 0 heterocycles. The molecule has 0 aliphatic rings. The van der Waals surface area contributed by atoms with E-state index in [1.54, 1.807) is 62.6 Å². The Balaban J connectivity index is 1.85. The molecule has 0 aromatic heterocycles. The Morgan fingerprint density at radius 3 is 2.21 bits per heavy atom. The average Bonchev–Trinajstić information content (AvgIpc) is 2.71. The van der Waals surface area contributed by atoms with Gasteiger partial charge < -0.3 is 15.0 Å². The van der Waals surface area contributed by atoms with Gasteiger partial charge in [0.05, 0.1) is 13.7 Å². The summed E-state index contributed by atoms with van der Waals surface area (Å²) in [6.45, 7) is 2.13. The summed E-state index contributed by atoms with van der Waals surface area (Å²) in [5, 5.41) is 2.75. The second kappa shape index (κ2) is 10.6. The first-order chi connectivity index (χ1) is 13.4. The van der Waals surface area contributed by atoms with Crippen molar-refractivity contribution in [2.24, 2.45) is 0 Å². The molecule has 0 spiro atoms. The molecular weight excluding hydrogens is 424 g/mol. The van der Waals surface area contributed by atoms with Crippen molar-refractivity contribution in [3.63, 3.8) is 0 Å². The molecule has 0 radical (unpaired) electrons. The van der Waals surface area contributed by atoms with Crippen LogP contribution >= 0.6 is 15.9 Å². The number of ketones is 1. The lowest BCUT2D eigenvalue weighted by molar-refractivity contribution is -0.134. The monoisotopic (exact) mass is 446 g/mol. The molecule has 1 N–H and O–H groups in total. The lowest BCUT2D eigenvalue weighted by Gasteiger charge is -2.20. The van der Waals surface area contributed by atoms with Crippen LogP contribution in [0.5, 0.6) is 5.75 Å². The maximum Gasteiger partial charge on any atom is 0.243 e. The standard InChI is InChI=1S/C21H23BrN2O4/c1-3-24(14-20(26)23-17-8-10-18(28-2)11-9-17)21(27)13-12-19(25)15-4-6-16(22)7-5-15/h4-11H,3,12-14H2,1-2H3,(H,23,26). The first kappa shape index (κ1) is 21.6. The highest BCUT2D eigenvalue weighted by Gasteiger charge is 2.17. The minimum atomic E-state index is -0.292. The highest BCUT2D eigenvalue weighted by Crippen LogP contribution is 2.15. The molecule has 0 aliphatic carbocycles. The van der Waals surface area contributed by atoms with Crippen LogP contribution in [0.3, 0.4) is 0 Å². The third kappa shape index (κ3) is 6.49. The van der Waals surface area contributed by atoms with E-state index in [9.17, 15) is 14.4 Å². The van der Waals surface area contributed by atoms with Gasteiger partial charge in [-0.25, -0.2) is 0 Å². The van der Waals surface area contributed by atoms with Crippen molar-refractivity contribution < 1.29 is 19.1 Å². The van der Waals surface area contributed by atoms with Crippen LogP contribution in [0.25, 0.3) is 0 Å². The molecule has 0 fully saturated rings. The van der Waals surface area contributed by atoms with Gasteiger partial charge in [-0.3, -0.25) is 14.4 Å². The van der Waals surface area contributed by atoms with E-state index in [2.05, 4.69) is 21.2 Å². The van der Waals surface area contributed by atoms with E-state index in [-0.39, 0.29) is 37.0 Å². The fourth-order valence-corrected chi connectivity index (χ4v) is 2.85. The second-order valence-corrected chi connectivity index (χ2v) is 7.03. The molecular formula is C21H23BrN2O4. The topological polar surface area (TPSA) is 75.7 Å². The minimum absolute atomic E-state index is 0.0617. The molecule has 2 rings (SSSR count). The zero-order chi connectivity index (χ0) is 20.5. The van der Waals surface area contributed by atoms with Crippen molar-refractivity contribution >= 4 is 39.2 Å². The molecule has 7 heteroatoms. The number of anilines is 1. The zero-order valence-corrected chi connectivity index (χ0v) is 17.5. The third-order valence-electron chi connectivity index (χ3n) is 4.17. The van der Waals surface area contributed by atoms with Gasteiger partial charge in [-0.1, -0.05) is 28.1 Å². The smallest absolute Gasteiger partial charge is 0.243 e. The van der Waals surface area contributed by atoms with Gasteiger partial charge in [0.2, 0.25) is 11.8 Å². The fraction of sp³-hybridized carbons (Fsp3) is 0.286. The highest BCUT2D eigenvalue weighted by atomic mass is 79.9. The molecule has 0 bridgehead atoms. The van der Waals surface area contributed by atoms with E-state index in [0.29, 0.717) is 23.5 Å². The van der Waals surface area contributed by atoms with Gasteiger partial charge in [-0.2, -0.15) is 0 Å². The second-order valence-electron chi connectivity index (χ2n) is 6.11. The maximum atomic E-state index is 12.4. The van der Waals surface area contributed by atoms with Crippen molar-refractivity contribution in [3.8, 4) is 5.75 Å². The van der Waals surface area contributed by atoms with Gasteiger partial charge >= 0.3 is 0 Å². The quantitative estimate of drug-likeness (QED) is 0.592. The van der Waals surface area contributed by atoms with Gasteiger partial charge in [0.1, 0.15) is 5.75 Å². The van der Waals surface area contributed by atoms with E-state index >= 15 is 0 Å². The average molecular weight is 447 g/mol. The molecule has 0 unspecified atom stereocenters. The molecule has 2 amide bonds. The number of carbonyl (C=O) groups is 3. The Kier molecular flexibility index (Phi) is 8.19. The number of ether oxygens (including phenoxy) is 1. The lowest BCUT2D eigenvalue weighted by atomic mass is 10.1. The number of likely N-dealkylation sites (N-methyl/N-ethyl adjacent to an activating group) is 1. The van der Waals surface area contributed by atoms with Crippen LogP contribution in [-0.4, -0.2) is 42.7 Å². The van der Waals surface area contributed by atoms with Gasteiger partial charge in [0.25, 0.3) is 0 Å². The summed E-state index contributed by atoms with van der Waals surface area (Å²) in [7, 11) is 1.57. The number of carbonyl (C=O) groups excluding carboxylic acids is 3. The van der Waals surface area contributed by atoms with Crippen LogP contribution in [-0.2, 0) is 9.59 Å². The molecule has 0 saturated heterocycles. The zero-order valence-electron chi connectivity index (χ0n) is 15.9. The Morgan fingerprint density at radius 1 is 1.00 bits per heavy atom. The first-order valence-corrected chi connectivity index (χ1v) is 9.72. The number of methoxy groups -OCH3 is 1. The normalized spacial score (nSPS) is 10.2. The van der Waals surface area contributed by atoms with Gasteiger partial charge in [0.15, 0.2) is 5.78 Å². The van der Waals surface area contributed by atoms with Gasteiger partial charge in [0, 0.05) is 35.1 Å². The van der Waals surface area contributed by atoms with E-state index < -0.39 is 0 Å². The minimum Gasteiger partial charge on any atom is -0.497 e. The van der Waals surface area contributed by atoms with Crippen molar-refractivity contribution in [2.45, 2.75) is 19.8 Å². The van der Waals surface area contributed by atoms with Crippen molar-refractivity contribution in [1.29, 1.82) is 0 Å². The number of rotatable bonds is 9.